The van der Waals surface area contributed by atoms with Crippen LogP contribution in [0.1, 0.15) is 0 Å². The van der Waals surface area contributed by atoms with Gasteiger partial charge in [-0.15, -0.1) is 0 Å². The Bertz CT molecular complexity index is 972. The van der Waals surface area contributed by atoms with E-state index >= 15 is 0 Å². The van der Waals surface area contributed by atoms with Crippen molar-refractivity contribution in [3.63, 3.8) is 0 Å². The number of fused-ring (bicyclic) bond motifs is 1. The van der Waals surface area contributed by atoms with Gasteiger partial charge < -0.3 is 0 Å². The Morgan fingerprint density at radius 2 is 1.43 bits per heavy atom. The summed E-state index contributed by atoms with van der Waals surface area (Å²) in [7, 11) is 0. The Morgan fingerprint density at radius 3 is 2.26 bits per heavy atom. The van der Waals surface area contributed by atoms with Crippen molar-refractivity contribution in [3.8, 4) is 22.4 Å². The molecule has 0 bridgehead atoms. The summed E-state index contributed by atoms with van der Waals surface area (Å²) in [5, 5.41) is 3.11. The van der Waals surface area contributed by atoms with Gasteiger partial charge in [0.15, 0.2) is 0 Å². The van der Waals surface area contributed by atoms with E-state index in [9.17, 15) is 0 Å². The zero-order valence-electron chi connectivity index (χ0n) is 12.4. The van der Waals surface area contributed by atoms with Crippen LogP contribution in [0.5, 0.6) is 0 Å². The number of nitrogens with zero attached hydrogens (tertiary/aromatic N) is 1. The van der Waals surface area contributed by atoms with E-state index in [0.717, 1.165) is 22.4 Å². The predicted octanol–water partition coefficient (Wildman–Crippen LogP) is 6.22. The van der Waals surface area contributed by atoms with Gasteiger partial charge in [-0.3, -0.25) is 4.98 Å². The van der Waals surface area contributed by atoms with Crippen molar-refractivity contribution in [2.75, 3.05) is 0 Å². The third-order valence-electron chi connectivity index (χ3n) is 4.00. The highest BCUT2D eigenvalue weighted by atomic mass is 35.5. The van der Waals surface area contributed by atoms with E-state index in [1.165, 1.54) is 10.8 Å². The summed E-state index contributed by atoms with van der Waals surface area (Å²) in [6.45, 7) is 0. The molecule has 2 heteroatoms. The maximum atomic E-state index is 6.52. The summed E-state index contributed by atoms with van der Waals surface area (Å²) in [5.74, 6) is 0. The lowest BCUT2D eigenvalue weighted by Gasteiger charge is -2.09. The first-order valence-electron chi connectivity index (χ1n) is 7.52. The van der Waals surface area contributed by atoms with Crippen molar-refractivity contribution in [2.45, 2.75) is 0 Å². The van der Waals surface area contributed by atoms with Crippen LogP contribution in [0.25, 0.3) is 33.2 Å². The standard InChI is InChI=1S/C21H14ClN/c22-20-13-21(23-14-19(20)16-7-2-1-3-8-16)18-12-6-10-15-9-4-5-11-17(15)18/h1-14H. The van der Waals surface area contributed by atoms with Crippen molar-refractivity contribution < 1.29 is 0 Å². The SMILES string of the molecule is Clc1cc(-c2cccc3ccccc23)ncc1-c1ccccc1. The fourth-order valence-electron chi connectivity index (χ4n) is 2.86. The zero-order valence-corrected chi connectivity index (χ0v) is 13.2. The molecule has 4 aromatic rings. The molecular weight excluding hydrogens is 302 g/mol. The van der Waals surface area contributed by atoms with Gasteiger partial charge in [0.25, 0.3) is 0 Å². The molecule has 0 aliphatic rings. The van der Waals surface area contributed by atoms with Crippen LogP contribution in [0.2, 0.25) is 5.02 Å². The molecule has 0 radical (unpaired) electrons. The molecule has 4 rings (SSSR count). The number of hydrogen-bond acceptors (Lipinski definition) is 1. The van der Waals surface area contributed by atoms with Crippen LogP contribution in [0, 0.1) is 0 Å². The number of rotatable bonds is 2. The first kappa shape index (κ1) is 14.0. The van der Waals surface area contributed by atoms with Gasteiger partial charge in [0, 0.05) is 17.3 Å². The quantitative estimate of drug-likeness (QED) is 0.428. The minimum Gasteiger partial charge on any atom is -0.255 e. The number of aromatic nitrogens is 1. The topological polar surface area (TPSA) is 12.9 Å². The summed E-state index contributed by atoms with van der Waals surface area (Å²) >= 11 is 6.52. The highest BCUT2D eigenvalue weighted by Crippen LogP contribution is 2.33. The number of pyridine rings is 1. The summed E-state index contributed by atoms with van der Waals surface area (Å²) in [4.78, 5) is 4.65. The van der Waals surface area contributed by atoms with Gasteiger partial charge in [0.2, 0.25) is 0 Å². The first-order chi connectivity index (χ1) is 11.3. The molecule has 110 valence electrons. The minimum absolute atomic E-state index is 0.717. The average molecular weight is 316 g/mol. The predicted molar refractivity (Wildman–Crippen MR) is 97.6 cm³/mol. The Hall–Kier alpha value is -2.64. The van der Waals surface area contributed by atoms with E-state index in [2.05, 4.69) is 35.3 Å². The largest absolute Gasteiger partial charge is 0.255 e. The van der Waals surface area contributed by atoms with Crippen LogP contribution in [-0.4, -0.2) is 4.98 Å². The second-order valence-electron chi connectivity index (χ2n) is 5.44. The van der Waals surface area contributed by atoms with Crippen molar-refractivity contribution in [1.29, 1.82) is 0 Å². The molecule has 0 amide bonds. The summed E-state index contributed by atoms with van der Waals surface area (Å²) in [5.41, 5.74) is 4.03. The fourth-order valence-corrected chi connectivity index (χ4v) is 3.12. The molecule has 0 atom stereocenters. The molecule has 3 aromatic carbocycles. The minimum atomic E-state index is 0.717. The van der Waals surface area contributed by atoms with Gasteiger partial charge in [-0.05, 0) is 22.4 Å². The molecule has 1 aromatic heterocycles. The second-order valence-corrected chi connectivity index (χ2v) is 5.85. The highest BCUT2D eigenvalue weighted by molar-refractivity contribution is 6.33. The lowest BCUT2D eigenvalue weighted by molar-refractivity contribution is 1.33. The van der Waals surface area contributed by atoms with Gasteiger partial charge >= 0.3 is 0 Å². The molecule has 0 unspecified atom stereocenters. The van der Waals surface area contributed by atoms with Crippen LogP contribution >= 0.6 is 11.6 Å². The molecule has 0 N–H and O–H groups in total. The highest BCUT2D eigenvalue weighted by Gasteiger charge is 2.09. The molecule has 1 nitrogen and oxygen atoms in total. The third-order valence-corrected chi connectivity index (χ3v) is 4.32. The van der Waals surface area contributed by atoms with Gasteiger partial charge in [-0.2, -0.15) is 0 Å². The molecule has 0 aliphatic carbocycles. The van der Waals surface area contributed by atoms with E-state index in [4.69, 9.17) is 11.6 Å². The van der Waals surface area contributed by atoms with E-state index in [1.54, 1.807) is 0 Å². The number of hydrogen-bond donors (Lipinski definition) is 0. The Labute approximate surface area is 140 Å². The maximum Gasteiger partial charge on any atom is 0.0723 e. The molecule has 0 spiro atoms. The van der Waals surface area contributed by atoms with Crippen LogP contribution in [0.3, 0.4) is 0 Å². The monoisotopic (exact) mass is 315 g/mol. The number of benzene rings is 3. The zero-order chi connectivity index (χ0) is 15.6. The Balaban J connectivity index is 1.86. The van der Waals surface area contributed by atoms with Crippen molar-refractivity contribution in [3.05, 3.63) is 90.1 Å². The normalized spacial score (nSPS) is 10.8. The van der Waals surface area contributed by atoms with Crippen LogP contribution in [0.4, 0.5) is 0 Å². The first-order valence-corrected chi connectivity index (χ1v) is 7.90. The van der Waals surface area contributed by atoms with Crippen molar-refractivity contribution >= 4 is 22.4 Å². The fraction of sp³-hybridized carbons (Fsp3) is 0. The van der Waals surface area contributed by atoms with Crippen LogP contribution in [-0.2, 0) is 0 Å². The van der Waals surface area contributed by atoms with Crippen LogP contribution in [0.15, 0.2) is 85.1 Å². The second kappa shape index (κ2) is 5.86. The average Bonchev–Trinajstić information content (AvgIpc) is 2.62. The lowest BCUT2D eigenvalue weighted by atomic mass is 10.0. The van der Waals surface area contributed by atoms with E-state index in [0.29, 0.717) is 5.02 Å². The number of halogens is 1. The molecular formula is C21H14ClN. The van der Waals surface area contributed by atoms with E-state index in [-0.39, 0.29) is 0 Å². The van der Waals surface area contributed by atoms with E-state index < -0.39 is 0 Å². The molecule has 0 saturated carbocycles. The van der Waals surface area contributed by atoms with Crippen LogP contribution < -0.4 is 0 Å². The van der Waals surface area contributed by atoms with E-state index in [1.807, 2.05) is 54.7 Å². The lowest BCUT2D eigenvalue weighted by Crippen LogP contribution is -1.88. The summed E-state index contributed by atoms with van der Waals surface area (Å²) in [6, 6.07) is 26.6. The molecule has 0 saturated heterocycles. The maximum absolute atomic E-state index is 6.52. The molecule has 23 heavy (non-hydrogen) atoms. The van der Waals surface area contributed by atoms with Crippen molar-refractivity contribution in [2.24, 2.45) is 0 Å². The summed E-state index contributed by atoms with van der Waals surface area (Å²) < 4.78 is 0. The summed E-state index contributed by atoms with van der Waals surface area (Å²) in [6.07, 6.45) is 1.86. The van der Waals surface area contributed by atoms with Gasteiger partial charge in [0.1, 0.15) is 0 Å². The molecule has 0 fully saturated rings. The third kappa shape index (κ3) is 2.60. The molecule has 0 aliphatic heterocycles. The Kier molecular flexibility index (Phi) is 3.57. The Morgan fingerprint density at radius 1 is 0.696 bits per heavy atom. The van der Waals surface area contributed by atoms with Crippen molar-refractivity contribution in [1.82, 2.24) is 4.98 Å². The molecule has 1 heterocycles. The van der Waals surface area contributed by atoms with Gasteiger partial charge in [-0.25, -0.2) is 0 Å². The smallest absolute Gasteiger partial charge is 0.0723 e. The van der Waals surface area contributed by atoms with Gasteiger partial charge in [0.05, 0.1) is 10.7 Å². The van der Waals surface area contributed by atoms with Gasteiger partial charge in [-0.1, -0.05) is 84.4 Å².